The van der Waals surface area contributed by atoms with E-state index in [-0.39, 0.29) is 0 Å². The van der Waals surface area contributed by atoms with Crippen LogP contribution in [0.15, 0.2) is 20.1 Å². The number of thiophene rings is 1. The molecule has 2 N–H and O–H groups in total. The first-order valence-electron chi connectivity index (χ1n) is 5.03. The number of nitrogens with one attached hydrogen (secondary N) is 2. The standard InChI is InChI=1S/C9H13BrN2O2S2/c10-8-1-2-9(15-8)16(13,14)12-6-7-3-4-11-5-7/h1-2,7,11-12H,3-6H2. The van der Waals surface area contributed by atoms with Crippen molar-refractivity contribution in [3.63, 3.8) is 0 Å². The number of rotatable bonds is 4. The molecular weight excluding hydrogens is 312 g/mol. The molecule has 1 aliphatic rings. The van der Waals surface area contributed by atoms with Crippen molar-refractivity contribution >= 4 is 37.3 Å². The van der Waals surface area contributed by atoms with Gasteiger partial charge in [0.1, 0.15) is 4.21 Å². The molecule has 4 nitrogen and oxygen atoms in total. The largest absolute Gasteiger partial charge is 0.316 e. The molecule has 0 amide bonds. The monoisotopic (exact) mass is 324 g/mol. The van der Waals surface area contributed by atoms with Crippen LogP contribution in [0, 0.1) is 5.92 Å². The maximum absolute atomic E-state index is 11.9. The number of hydrogen-bond acceptors (Lipinski definition) is 4. The minimum absolute atomic E-state index is 0.366. The first-order valence-corrected chi connectivity index (χ1v) is 8.13. The average molecular weight is 325 g/mol. The topological polar surface area (TPSA) is 58.2 Å². The molecule has 2 heterocycles. The Morgan fingerprint density at radius 2 is 2.38 bits per heavy atom. The smallest absolute Gasteiger partial charge is 0.250 e. The molecule has 16 heavy (non-hydrogen) atoms. The van der Waals surface area contributed by atoms with Gasteiger partial charge in [-0.2, -0.15) is 0 Å². The zero-order valence-corrected chi connectivity index (χ0v) is 11.8. The Bertz CT molecular complexity index is 452. The van der Waals surface area contributed by atoms with Crippen LogP contribution < -0.4 is 10.0 Å². The van der Waals surface area contributed by atoms with Crippen molar-refractivity contribution < 1.29 is 8.42 Å². The van der Waals surface area contributed by atoms with Crippen LogP contribution in [-0.2, 0) is 10.0 Å². The van der Waals surface area contributed by atoms with E-state index in [2.05, 4.69) is 26.0 Å². The Labute approximate surface area is 108 Å². The third kappa shape index (κ3) is 3.04. The Balaban J connectivity index is 1.97. The van der Waals surface area contributed by atoms with Gasteiger partial charge in [0.05, 0.1) is 3.79 Å². The van der Waals surface area contributed by atoms with Crippen LogP contribution in [0.25, 0.3) is 0 Å². The van der Waals surface area contributed by atoms with Gasteiger partial charge in [-0.1, -0.05) is 0 Å². The Morgan fingerprint density at radius 3 is 2.94 bits per heavy atom. The second-order valence-corrected chi connectivity index (χ2v) is 8.23. The molecule has 1 aromatic heterocycles. The fourth-order valence-corrected chi connectivity index (χ4v) is 4.80. The van der Waals surface area contributed by atoms with Crippen molar-refractivity contribution in [3.05, 3.63) is 15.9 Å². The molecule has 0 radical (unpaired) electrons. The molecule has 1 aromatic rings. The van der Waals surface area contributed by atoms with E-state index in [1.54, 1.807) is 12.1 Å². The summed E-state index contributed by atoms with van der Waals surface area (Å²) in [5.41, 5.74) is 0. The van der Waals surface area contributed by atoms with Gasteiger partial charge in [0.15, 0.2) is 0 Å². The number of sulfonamides is 1. The molecular formula is C9H13BrN2O2S2. The van der Waals surface area contributed by atoms with Crippen LogP contribution in [0.4, 0.5) is 0 Å². The summed E-state index contributed by atoms with van der Waals surface area (Å²) in [5.74, 6) is 0.415. The molecule has 2 rings (SSSR count). The Kier molecular flexibility index (Phi) is 4.01. The third-order valence-corrected chi connectivity index (χ3v) is 6.08. The fraction of sp³-hybridized carbons (Fsp3) is 0.556. The minimum atomic E-state index is -3.32. The quantitative estimate of drug-likeness (QED) is 0.880. The van der Waals surface area contributed by atoms with E-state index in [0.29, 0.717) is 16.7 Å². The summed E-state index contributed by atoms with van der Waals surface area (Å²) in [6.07, 6.45) is 1.04. The van der Waals surface area contributed by atoms with Crippen LogP contribution in [0.3, 0.4) is 0 Å². The SMILES string of the molecule is O=S(=O)(NCC1CCNC1)c1ccc(Br)s1. The van der Waals surface area contributed by atoms with Crippen molar-refractivity contribution in [1.29, 1.82) is 0 Å². The van der Waals surface area contributed by atoms with Gasteiger partial charge in [-0.15, -0.1) is 11.3 Å². The molecule has 0 aliphatic carbocycles. The van der Waals surface area contributed by atoms with Crippen LogP contribution in [0.1, 0.15) is 6.42 Å². The van der Waals surface area contributed by atoms with E-state index in [4.69, 9.17) is 0 Å². The van der Waals surface area contributed by atoms with Gasteiger partial charge in [0.25, 0.3) is 0 Å². The fourth-order valence-electron chi connectivity index (χ4n) is 1.63. The van der Waals surface area contributed by atoms with Crippen LogP contribution >= 0.6 is 27.3 Å². The molecule has 0 aromatic carbocycles. The van der Waals surface area contributed by atoms with Crippen LogP contribution in [-0.4, -0.2) is 28.1 Å². The first-order chi connectivity index (χ1) is 7.58. The highest BCUT2D eigenvalue weighted by molar-refractivity contribution is 9.11. The van der Waals surface area contributed by atoms with Crippen molar-refractivity contribution in [2.45, 2.75) is 10.6 Å². The maximum atomic E-state index is 11.9. The van der Waals surface area contributed by atoms with Gasteiger partial charge in [-0.05, 0) is 53.5 Å². The summed E-state index contributed by atoms with van der Waals surface area (Å²) >= 11 is 4.49. The van der Waals surface area contributed by atoms with Gasteiger partial charge in [0.2, 0.25) is 10.0 Å². The van der Waals surface area contributed by atoms with Crippen LogP contribution in [0.2, 0.25) is 0 Å². The molecule has 0 saturated carbocycles. The summed E-state index contributed by atoms with van der Waals surface area (Å²) in [4.78, 5) is 0. The van der Waals surface area contributed by atoms with Crippen LogP contribution in [0.5, 0.6) is 0 Å². The van der Waals surface area contributed by atoms with Gasteiger partial charge in [0, 0.05) is 6.54 Å². The molecule has 0 spiro atoms. The summed E-state index contributed by atoms with van der Waals surface area (Å²) in [6.45, 7) is 2.40. The Morgan fingerprint density at radius 1 is 1.56 bits per heavy atom. The lowest BCUT2D eigenvalue weighted by atomic mass is 10.1. The van der Waals surface area contributed by atoms with Crippen molar-refractivity contribution in [2.75, 3.05) is 19.6 Å². The summed E-state index contributed by atoms with van der Waals surface area (Å²) in [6, 6.07) is 3.36. The highest BCUT2D eigenvalue weighted by Gasteiger charge is 2.20. The van der Waals surface area contributed by atoms with E-state index < -0.39 is 10.0 Å². The zero-order valence-electron chi connectivity index (χ0n) is 8.57. The van der Waals surface area contributed by atoms with Gasteiger partial charge in [-0.25, -0.2) is 13.1 Å². The molecule has 1 saturated heterocycles. The first kappa shape index (κ1) is 12.5. The lowest BCUT2D eigenvalue weighted by Gasteiger charge is -2.09. The molecule has 1 aliphatic heterocycles. The highest BCUT2D eigenvalue weighted by Crippen LogP contribution is 2.25. The zero-order chi connectivity index (χ0) is 11.6. The molecule has 90 valence electrons. The predicted molar refractivity (Wildman–Crippen MR) is 68.2 cm³/mol. The second kappa shape index (κ2) is 5.14. The second-order valence-electron chi connectivity index (χ2n) is 3.77. The van der Waals surface area contributed by atoms with Gasteiger partial charge in [-0.3, -0.25) is 0 Å². The average Bonchev–Trinajstić information content (AvgIpc) is 2.85. The highest BCUT2D eigenvalue weighted by atomic mass is 79.9. The molecule has 0 bridgehead atoms. The summed E-state index contributed by atoms with van der Waals surface area (Å²) < 4.78 is 27.6. The summed E-state index contributed by atoms with van der Waals surface area (Å²) in [7, 11) is -3.32. The minimum Gasteiger partial charge on any atom is -0.316 e. The third-order valence-electron chi connectivity index (χ3n) is 2.54. The van der Waals surface area contributed by atoms with E-state index in [0.717, 1.165) is 23.3 Å². The lowest BCUT2D eigenvalue weighted by molar-refractivity contribution is 0.540. The lowest BCUT2D eigenvalue weighted by Crippen LogP contribution is -2.29. The Hall–Kier alpha value is 0.0500. The normalized spacial score (nSPS) is 21.4. The maximum Gasteiger partial charge on any atom is 0.250 e. The number of halogens is 1. The van der Waals surface area contributed by atoms with E-state index in [9.17, 15) is 8.42 Å². The van der Waals surface area contributed by atoms with Crippen molar-refractivity contribution in [3.8, 4) is 0 Å². The molecule has 7 heteroatoms. The molecule has 1 unspecified atom stereocenters. The predicted octanol–water partition coefficient (Wildman–Crippen LogP) is 1.40. The van der Waals surface area contributed by atoms with Crippen molar-refractivity contribution in [2.24, 2.45) is 5.92 Å². The molecule has 1 fully saturated rings. The molecule has 1 atom stereocenters. The van der Waals surface area contributed by atoms with Crippen molar-refractivity contribution in [1.82, 2.24) is 10.0 Å². The van der Waals surface area contributed by atoms with Gasteiger partial charge >= 0.3 is 0 Å². The van der Waals surface area contributed by atoms with E-state index in [1.165, 1.54) is 11.3 Å². The van der Waals surface area contributed by atoms with E-state index in [1.807, 2.05) is 0 Å². The van der Waals surface area contributed by atoms with E-state index >= 15 is 0 Å². The van der Waals surface area contributed by atoms with Gasteiger partial charge < -0.3 is 5.32 Å². The summed E-state index contributed by atoms with van der Waals surface area (Å²) in [5, 5.41) is 3.21. The number of hydrogen-bond donors (Lipinski definition) is 2.